The molecule has 202 valence electrons. The molecule has 0 bridgehead atoms. The van der Waals surface area contributed by atoms with Crippen LogP contribution in [0, 0.1) is 25.2 Å². The van der Waals surface area contributed by atoms with Gasteiger partial charge in [-0.2, -0.15) is 4.31 Å². The van der Waals surface area contributed by atoms with Crippen LogP contribution in [-0.2, 0) is 19.6 Å². The molecule has 1 amide bonds. The number of aryl methyl sites for hydroxylation is 2. The molecule has 0 aromatic heterocycles. The van der Waals surface area contributed by atoms with Gasteiger partial charge in [-0.15, -0.1) is 0 Å². The van der Waals surface area contributed by atoms with Gasteiger partial charge in [0.2, 0.25) is 10.0 Å². The molecule has 0 radical (unpaired) electrons. The van der Waals surface area contributed by atoms with Crippen molar-refractivity contribution in [3.05, 3.63) is 35.0 Å². The summed E-state index contributed by atoms with van der Waals surface area (Å²) in [6.07, 6.45) is 5.45. The second kappa shape index (κ2) is 11.6. The predicted octanol–water partition coefficient (Wildman–Crippen LogP) is 3.43. The topological polar surface area (TPSA) is 79.4 Å². The van der Waals surface area contributed by atoms with Crippen molar-refractivity contribution in [2.45, 2.75) is 51.9 Å². The van der Waals surface area contributed by atoms with E-state index in [1.165, 1.54) is 36.4 Å². The summed E-state index contributed by atoms with van der Waals surface area (Å²) in [6, 6.07) is 3.43. The number of carbonyl (C=O) groups is 1. The van der Waals surface area contributed by atoms with Crippen molar-refractivity contribution in [1.29, 1.82) is 0 Å². The first-order chi connectivity index (χ1) is 16.9. The number of carbonyl (C=O) groups excluding carboxylic acids is 1. The summed E-state index contributed by atoms with van der Waals surface area (Å²) in [5.41, 5.74) is 2.64. The first-order valence-corrected chi connectivity index (χ1v) is 14.2. The zero-order chi connectivity index (χ0) is 26.7. The number of nitrogens with zero attached hydrogens (tertiary/aromatic N) is 3. The number of ether oxygens (including phenoxy) is 2. The van der Waals surface area contributed by atoms with E-state index in [-0.39, 0.29) is 36.0 Å². The Hall–Kier alpha value is -1.94. The molecule has 1 aromatic carbocycles. The fourth-order valence-corrected chi connectivity index (χ4v) is 6.73. The number of benzene rings is 1. The quantitative estimate of drug-likeness (QED) is 0.415. The molecule has 0 N–H and O–H groups in total. The van der Waals surface area contributed by atoms with Gasteiger partial charge >= 0.3 is 0 Å². The van der Waals surface area contributed by atoms with Gasteiger partial charge < -0.3 is 19.3 Å². The molecule has 36 heavy (non-hydrogen) atoms. The first kappa shape index (κ1) is 28.6. The molecular weight excluding hydrogens is 478 g/mol. The van der Waals surface area contributed by atoms with Crippen molar-refractivity contribution < 1.29 is 22.7 Å². The van der Waals surface area contributed by atoms with Crippen LogP contribution < -0.4 is 4.74 Å². The van der Waals surface area contributed by atoms with Crippen LogP contribution in [0.1, 0.15) is 44.2 Å². The van der Waals surface area contributed by atoms with Gasteiger partial charge in [0.1, 0.15) is 12.4 Å². The Morgan fingerprint density at radius 2 is 1.83 bits per heavy atom. The number of hydrogen-bond donors (Lipinski definition) is 0. The summed E-state index contributed by atoms with van der Waals surface area (Å²) >= 11 is 0. The number of rotatable bonds is 11. The molecule has 2 fully saturated rings. The molecule has 1 heterocycles. The van der Waals surface area contributed by atoms with Gasteiger partial charge in [-0.1, -0.05) is 13.8 Å². The summed E-state index contributed by atoms with van der Waals surface area (Å²) in [5, 5.41) is 0. The number of likely N-dealkylation sites (N-methyl/N-ethyl adjacent to an activating group) is 2. The van der Waals surface area contributed by atoms with Crippen LogP contribution in [0.25, 0.3) is 0 Å². The highest BCUT2D eigenvalue weighted by Gasteiger charge is 2.40. The van der Waals surface area contributed by atoms with Gasteiger partial charge in [-0.05, 0) is 86.4 Å². The Bertz CT molecular complexity index is 1060. The molecule has 9 heteroatoms. The van der Waals surface area contributed by atoms with E-state index in [0.29, 0.717) is 22.8 Å². The van der Waals surface area contributed by atoms with Crippen LogP contribution >= 0.6 is 0 Å². The van der Waals surface area contributed by atoms with E-state index in [1.54, 1.807) is 45.0 Å². The van der Waals surface area contributed by atoms with E-state index in [0.717, 1.165) is 19.4 Å². The molecular formula is C27H43N3O5S. The Balaban J connectivity index is 1.50. The molecule has 1 saturated heterocycles. The van der Waals surface area contributed by atoms with Gasteiger partial charge in [0.25, 0.3) is 5.91 Å². The molecule has 1 aliphatic heterocycles. The van der Waals surface area contributed by atoms with E-state index in [4.69, 9.17) is 9.47 Å². The van der Waals surface area contributed by atoms with E-state index < -0.39 is 10.0 Å². The lowest BCUT2D eigenvalue weighted by molar-refractivity contribution is -0.132. The van der Waals surface area contributed by atoms with Crippen molar-refractivity contribution in [2.75, 3.05) is 60.6 Å². The minimum Gasteiger partial charge on any atom is -0.497 e. The second-order valence-corrected chi connectivity index (χ2v) is 12.7. The fourth-order valence-electron chi connectivity index (χ4n) is 5.17. The Morgan fingerprint density at radius 1 is 1.19 bits per heavy atom. The van der Waals surface area contributed by atoms with E-state index in [1.807, 2.05) is 6.20 Å². The number of allylic oxidation sites excluding steroid dienone is 1. The monoisotopic (exact) mass is 521 g/mol. The maximum Gasteiger partial charge on any atom is 0.252 e. The lowest BCUT2D eigenvalue weighted by Gasteiger charge is -2.38. The Morgan fingerprint density at radius 3 is 2.39 bits per heavy atom. The van der Waals surface area contributed by atoms with Gasteiger partial charge in [-0.25, -0.2) is 8.42 Å². The molecule has 3 rings (SSSR count). The van der Waals surface area contributed by atoms with Gasteiger partial charge in [0, 0.05) is 33.4 Å². The molecule has 8 nitrogen and oxygen atoms in total. The third-order valence-electron chi connectivity index (χ3n) is 7.89. The SMILES string of the molecule is COc1cc(C)c(S(=O)(=O)N(C)CCOCC(=O)N(C)/C=C2\CC[C@H](CN3CCC3)C2(C)C)c(C)c1. The highest BCUT2D eigenvalue weighted by molar-refractivity contribution is 7.89. The largest absolute Gasteiger partial charge is 0.497 e. The van der Waals surface area contributed by atoms with E-state index >= 15 is 0 Å². The molecule has 0 unspecified atom stereocenters. The van der Waals surface area contributed by atoms with Crippen LogP contribution in [0.4, 0.5) is 0 Å². The summed E-state index contributed by atoms with van der Waals surface area (Å²) in [4.78, 5) is 17.1. The normalized spacial score (nSPS) is 21.1. The maximum absolute atomic E-state index is 13.1. The van der Waals surface area contributed by atoms with E-state index in [2.05, 4.69) is 18.7 Å². The number of likely N-dealkylation sites (tertiary alicyclic amines) is 1. The van der Waals surface area contributed by atoms with Crippen molar-refractivity contribution in [1.82, 2.24) is 14.1 Å². The van der Waals surface area contributed by atoms with Gasteiger partial charge in [-0.3, -0.25) is 4.79 Å². The predicted molar refractivity (Wildman–Crippen MR) is 142 cm³/mol. The fraction of sp³-hybridized carbons (Fsp3) is 0.667. The maximum atomic E-state index is 13.1. The average Bonchev–Trinajstić information content (AvgIpc) is 3.05. The number of hydrogen-bond acceptors (Lipinski definition) is 6. The molecule has 1 aromatic rings. The third kappa shape index (κ3) is 6.30. The number of methoxy groups -OCH3 is 1. The van der Waals surface area contributed by atoms with Crippen LogP contribution in [0.5, 0.6) is 5.75 Å². The van der Waals surface area contributed by atoms with Crippen molar-refractivity contribution in [3.8, 4) is 5.75 Å². The molecule has 0 spiro atoms. The van der Waals surface area contributed by atoms with Crippen LogP contribution in [0.3, 0.4) is 0 Å². The third-order valence-corrected chi connectivity index (χ3v) is 10.1. The highest BCUT2D eigenvalue weighted by Crippen LogP contribution is 2.47. The molecule has 1 atom stereocenters. The van der Waals surface area contributed by atoms with E-state index in [9.17, 15) is 13.2 Å². The van der Waals surface area contributed by atoms with Gasteiger partial charge in [0.15, 0.2) is 0 Å². The standard InChI is InChI=1S/C27H43N3O5S/c1-20-15-24(34-7)16-21(2)26(20)36(32,33)29(6)13-14-35-19-25(31)28(5)17-22-9-10-23(27(22,3)4)18-30-11-8-12-30/h15-17,23H,8-14,18-19H2,1-7H3/b22-17+/t23-/m1/s1. The van der Waals surface area contributed by atoms with Crippen LogP contribution in [-0.4, -0.2) is 89.0 Å². The summed E-state index contributed by atoms with van der Waals surface area (Å²) in [7, 11) is 1.16. The Kier molecular flexibility index (Phi) is 9.25. The zero-order valence-electron chi connectivity index (χ0n) is 23.0. The number of sulfonamides is 1. The lowest BCUT2D eigenvalue weighted by atomic mass is 9.78. The zero-order valence-corrected chi connectivity index (χ0v) is 23.8. The first-order valence-electron chi connectivity index (χ1n) is 12.8. The van der Waals surface area contributed by atoms with Crippen molar-refractivity contribution in [2.24, 2.45) is 11.3 Å². The smallest absolute Gasteiger partial charge is 0.252 e. The second-order valence-electron chi connectivity index (χ2n) is 10.7. The summed E-state index contributed by atoms with van der Waals surface area (Å²) in [6.45, 7) is 11.8. The molecule has 2 aliphatic rings. The highest BCUT2D eigenvalue weighted by atomic mass is 32.2. The lowest BCUT2D eigenvalue weighted by Crippen LogP contribution is -2.42. The van der Waals surface area contributed by atoms with Crippen LogP contribution in [0.2, 0.25) is 0 Å². The minimum absolute atomic E-state index is 0.0692. The molecule has 1 saturated carbocycles. The Labute approximate surface area is 217 Å². The minimum atomic E-state index is -3.69. The van der Waals surface area contributed by atoms with Crippen LogP contribution in [0.15, 0.2) is 28.8 Å². The number of amides is 1. The summed E-state index contributed by atoms with van der Waals surface area (Å²) in [5.74, 6) is 1.09. The summed E-state index contributed by atoms with van der Waals surface area (Å²) < 4.78 is 38.3. The molecule has 1 aliphatic carbocycles. The average molecular weight is 522 g/mol. The van der Waals surface area contributed by atoms with Crippen molar-refractivity contribution in [3.63, 3.8) is 0 Å². The van der Waals surface area contributed by atoms with Crippen molar-refractivity contribution >= 4 is 15.9 Å². The van der Waals surface area contributed by atoms with Gasteiger partial charge in [0.05, 0.1) is 18.6 Å².